The number of hydrogen-bond acceptors (Lipinski definition) is 6. The SMILES string of the molecule is N#Cc1cccc(CSc2nc(-c3cccs3)c(C#N)c(=O)[nH]2)c1. The van der Waals surface area contributed by atoms with Crippen molar-refractivity contribution >= 4 is 23.1 Å². The Balaban J connectivity index is 1.91. The van der Waals surface area contributed by atoms with Crippen LogP contribution in [0.1, 0.15) is 16.7 Å². The van der Waals surface area contributed by atoms with Gasteiger partial charge in [-0.25, -0.2) is 4.98 Å². The largest absolute Gasteiger partial charge is 0.300 e. The quantitative estimate of drug-likeness (QED) is 0.574. The lowest BCUT2D eigenvalue weighted by molar-refractivity contribution is 0.936. The average Bonchev–Trinajstić information content (AvgIpc) is 3.14. The minimum absolute atomic E-state index is 0.0216. The predicted molar refractivity (Wildman–Crippen MR) is 93.6 cm³/mol. The van der Waals surface area contributed by atoms with E-state index in [1.165, 1.54) is 23.1 Å². The highest BCUT2D eigenvalue weighted by molar-refractivity contribution is 7.98. The molecule has 5 nitrogen and oxygen atoms in total. The zero-order chi connectivity index (χ0) is 16.9. The van der Waals surface area contributed by atoms with Crippen molar-refractivity contribution in [3.63, 3.8) is 0 Å². The molecule has 0 amide bonds. The number of nitriles is 2. The van der Waals surface area contributed by atoms with Crippen LogP contribution in [0.15, 0.2) is 51.7 Å². The molecule has 3 aromatic rings. The van der Waals surface area contributed by atoms with Gasteiger partial charge in [-0.2, -0.15) is 10.5 Å². The van der Waals surface area contributed by atoms with E-state index in [4.69, 9.17) is 5.26 Å². The first-order chi connectivity index (χ1) is 11.7. The van der Waals surface area contributed by atoms with E-state index in [2.05, 4.69) is 16.0 Å². The number of H-pyrrole nitrogens is 1. The molecule has 0 bridgehead atoms. The Morgan fingerprint density at radius 2 is 2.08 bits per heavy atom. The van der Waals surface area contributed by atoms with Gasteiger partial charge in [0.15, 0.2) is 5.16 Å². The van der Waals surface area contributed by atoms with Gasteiger partial charge in [0.2, 0.25) is 0 Å². The summed E-state index contributed by atoms with van der Waals surface area (Å²) in [6.45, 7) is 0. The molecule has 0 saturated carbocycles. The zero-order valence-corrected chi connectivity index (χ0v) is 13.9. The van der Waals surface area contributed by atoms with Crippen molar-refractivity contribution in [3.05, 3.63) is 68.8 Å². The Hall–Kier alpha value is -2.87. The molecule has 0 unspecified atom stereocenters. The van der Waals surface area contributed by atoms with Gasteiger partial charge in [-0.1, -0.05) is 30.0 Å². The van der Waals surface area contributed by atoms with Crippen LogP contribution in [-0.4, -0.2) is 9.97 Å². The number of thioether (sulfide) groups is 1. The first-order valence-corrected chi connectivity index (χ1v) is 8.78. The molecule has 1 N–H and O–H groups in total. The maximum Gasteiger partial charge on any atom is 0.270 e. The maximum absolute atomic E-state index is 12.1. The molecular weight excluding hydrogens is 340 g/mol. The second-order valence-corrected chi connectivity index (χ2v) is 6.70. The molecule has 7 heteroatoms. The molecule has 0 atom stereocenters. The summed E-state index contributed by atoms with van der Waals surface area (Å²) in [5, 5.41) is 20.5. The molecule has 3 rings (SSSR count). The molecule has 0 radical (unpaired) electrons. The molecule has 0 spiro atoms. The first kappa shape index (κ1) is 16.0. The van der Waals surface area contributed by atoms with E-state index in [0.29, 0.717) is 22.2 Å². The van der Waals surface area contributed by atoms with Crippen LogP contribution in [-0.2, 0) is 5.75 Å². The van der Waals surface area contributed by atoms with Gasteiger partial charge in [-0.3, -0.25) is 4.79 Å². The van der Waals surface area contributed by atoms with E-state index in [-0.39, 0.29) is 5.56 Å². The van der Waals surface area contributed by atoms with Crippen molar-refractivity contribution in [2.24, 2.45) is 0 Å². The summed E-state index contributed by atoms with van der Waals surface area (Å²) in [4.78, 5) is 20.0. The van der Waals surface area contributed by atoms with Crippen LogP contribution in [0.5, 0.6) is 0 Å². The fraction of sp³-hybridized carbons (Fsp3) is 0.0588. The van der Waals surface area contributed by atoms with Gasteiger partial charge >= 0.3 is 0 Å². The number of aromatic amines is 1. The van der Waals surface area contributed by atoms with Gasteiger partial charge in [-0.15, -0.1) is 11.3 Å². The Kier molecular flexibility index (Phi) is 4.76. The highest BCUT2D eigenvalue weighted by atomic mass is 32.2. The normalized spacial score (nSPS) is 10.1. The van der Waals surface area contributed by atoms with Crippen LogP contribution in [0.2, 0.25) is 0 Å². The molecule has 116 valence electrons. The maximum atomic E-state index is 12.1. The number of nitrogens with zero attached hydrogens (tertiary/aromatic N) is 3. The summed E-state index contributed by atoms with van der Waals surface area (Å²) in [5.41, 5.74) is 1.54. The second kappa shape index (κ2) is 7.14. The molecule has 0 fully saturated rings. The summed E-state index contributed by atoms with van der Waals surface area (Å²) < 4.78 is 0. The topological polar surface area (TPSA) is 93.3 Å². The van der Waals surface area contributed by atoms with Crippen LogP contribution in [0.4, 0.5) is 0 Å². The molecule has 0 aliphatic rings. The summed E-state index contributed by atoms with van der Waals surface area (Å²) in [6, 6.07) is 15.0. The number of hydrogen-bond donors (Lipinski definition) is 1. The summed E-state index contributed by atoms with van der Waals surface area (Å²) in [5.74, 6) is 0.564. The van der Waals surface area contributed by atoms with Gasteiger partial charge < -0.3 is 4.98 Å². The number of nitrogens with one attached hydrogen (secondary N) is 1. The fourth-order valence-corrected chi connectivity index (χ4v) is 3.62. The predicted octanol–water partition coefficient (Wildman–Crippen LogP) is 3.53. The van der Waals surface area contributed by atoms with Gasteiger partial charge in [-0.05, 0) is 29.1 Å². The summed E-state index contributed by atoms with van der Waals surface area (Å²) in [7, 11) is 0. The van der Waals surface area contributed by atoms with Gasteiger partial charge in [0.05, 0.1) is 16.5 Å². The average molecular weight is 350 g/mol. The molecule has 2 aromatic heterocycles. The van der Waals surface area contributed by atoms with E-state index in [1.54, 1.807) is 12.1 Å². The van der Waals surface area contributed by atoms with E-state index < -0.39 is 5.56 Å². The van der Waals surface area contributed by atoms with Crippen LogP contribution >= 0.6 is 23.1 Å². The van der Waals surface area contributed by atoms with Crippen molar-refractivity contribution in [1.82, 2.24) is 9.97 Å². The number of thiophene rings is 1. The standard InChI is InChI=1S/C17H10N4OS2/c18-8-11-3-1-4-12(7-11)10-24-17-20-15(14-5-2-6-23-14)13(9-19)16(22)21-17/h1-7H,10H2,(H,20,21,22). The summed E-state index contributed by atoms with van der Waals surface area (Å²) in [6.07, 6.45) is 0. The first-order valence-electron chi connectivity index (χ1n) is 6.91. The van der Waals surface area contributed by atoms with Crippen molar-refractivity contribution in [2.45, 2.75) is 10.9 Å². The van der Waals surface area contributed by atoms with E-state index in [1.807, 2.05) is 35.7 Å². The van der Waals surface area contributed by atoms with E-state index in [0.717, 1.165) is 10.4 Å². The lowest BCUT2D eigenvalue weighted by Crippen LogP contribution is -2.14. The summed E-state index contributed by atoms with van der Waals surface area (Å²) >= 11 is 2.79. The highest BCUT2D eigenvalue weighted by Gasteiger charge is 2.14. The number of benzene rings is 1. The second-order valence-electron chi connectivity index (χ2n) is 4.78. The molecule has 1 aromatic carbocycles. The Bertz CT molecular complexity index is 1010. The molecule has 24 heavy (non-hydrogen) atoms. The number of rotatable bonds is 4. The molecule has 0 aliphatic heterocycles. The van der Waals surface area contributed by atoms with Crippen LogP contribution < -0.4 is 5.56 Å². The molecule has 0 saturated heterocycles. The monoisotopic (exact) mass is 350 g/mol. The molecular formula is C17H10N4OS2. The third-order valence-electron chi connectivity index (χ3n) is 3.20. The number of aromatic nitrogens is 2. The van der Waals surface area contributed by atoms with E-state index in [9.17, 15) is 10.1 Å². The fourth-order valence-electron chi connectivity index (χ4n) is 2.10. The van der Waals surface area contributed by atoms with Crippen LogP contribution in [0.3, 0.4) is 0 Å². The Morgan fingerprint density at radius 3 is 2.79 bits per heavy atom. The minimum atomic E-state index is -0.441. The Morgan fingerprint density at radius 1 is 1.21 bits per heavy atom. The van der Waals surface area contributed by atoms with E-state index >= 15 is 0 Å². The third-order valence-corrected chi connectivity index (χ3v) is 5.02. The van der Waals surface area contributed by atoms with Gasteiger partial charge in [0.25, 0.3) is 5.56 Å². The third kappa shape index (κ3) is 3.38. The molecule has 0 aliphatic carbocycles. The lowest BCUT2D eigenvalue weighted by atomic mass is 10.2. The molecule has 2 heterocycles. The van der Waals surface area contributed by atoms with Gasteiger partial charge in [0, 0.05) is 5.75 Å². The van der Waals surface area contributed by atoms with Crippen molar-refractivity contribution < 1.29 is 0 Å². The van der Waals surface area contributed by atoms with Crippen molar-refractivity contribution in [1.29, 1.82) is 10.5 Å². The lowest BCUT2D eigenvalue weighted by Gasteiger charge is -2.05. The smallest absolute Gasteiger partial charge is 0.270 e. The van der Waals surface area contributed by atoms with Crippen molar-refractivity contribution in [2.75, 3.05) is 0 Å². The minimum Gasteiger partial charge on any atom is -0.300 e. The Labute approximate surface area is 146 Å². The van der Waals surface area contributed by atoms with Crippen LogP contribution in [0.25, 0.3) is 10.6 Å². The van der Waals surface area contributed by atoms with Crippen molar-refractivity contribution in [3.8, 4) is 22.7 Å². The zero-order valence-electron chi connectivity index (χ0n) is 12.3. The highest BCUT2D eigenvalue weighted by Crippen LogP contribution is 2.27. The van der Waals surface area contributed by atoms with Gasteiger partial charge in [0.1, 0.15) is 17.3 Å². The van der Waals surface area contributed by atoms with Crippen LogP contribution in [0, 0.1) is 22.7 Å².